The minimum atomic E-state index is -1.11. The van der Waals surface area contributed by atoms with Crippen LogP contribution in [-0.4, -0.2) is 75.3 Å². The number of hydrogen-bond acceptors (Lipinski definition) is 12. The van der Waals surface area contributed by atoms with E-state index in [4.69, 9.17) is 18.3 Å². The van der Waals surface area contributed by atoms with E-state index in [0.29, 0.717) is 67.8 Å². The van der Waals surface area contributed by atoms with Crippen LogP contribution in [-0.2, 0) is 25.7 Å². The number of carboxylic acids is 2. The number of carboxylic acid groups (broad SMARTS) is 2. The van der Waals surface area contributed by atoms with Crippen LogP contribution in [0.2, 0.25) is 0 Å². The number of aryl methyl sites for hydroxylation is 2. The molecule has 4 aromatic heterocycles. The number of aromatic nitrogens is 8. The quantitative estimate of drug-likeness (QED) is 0.0821. The van der Waals surface area contributed by atoms with Crippen LogP contribution in [0.1, 0.15) is 66.4 Å². The van der Waals surface area contributed by atoms with Crippen molar-refractivity contribution >= 4 is 11.9 Å². The van der Waals surface area contributed by atoms with Crippen LogP contribution in [0.4, 0.5) is 0 Å². The summed E-state index contributed by atoms with van der Waals surface area (Å²) < 4.78 is 26.7. The second-order valence-electron chi connectivity index (χ2n) is 16.5. The SMILES string of the molecule is Cc1oc(-c2ccccc2)nc1CCOc1ccc(Cc2c(C(=O)O)nnn2-c2ccccc2)cc1.Cc1oc(-c2ccccc2)nc1CCOc1cccc(Cc2c(C(=O)O)nnn2-c2ccccc2)c1. The van der Waals surface area contributed by atoms with Gasteiger partial charge in [-0.05, 0) is 97.8 Å². The summed E-state index contributed by atoms with van der Waals surface area (Å²) >= 11 is 0. The molecular formula is C56H48N8O8. The number of ether oxygens (including phenoxy) is 2. The highest BCUT2D eigenvalue weighted by atomic mass is 16.5. The van der Waals surface area contributed by atoms with E-state index < -0.39 is 11.9 Å². The van der Waals surface area contributed by atoms with Gasteiger partial charge in [-0.3, -0.25) is 0 Å². The minimum absolute atomic E-state index is 0.0583. The highest BCUT2D eigenvalue weighted by molar-refractivity contribution is 5.87. The normalized spacial score (nSPS) is 10.9. The first-order valence-corrected chi connectivity index (χ1v) is 23.1. The van der Waals surface area contributed by atoms with Gasteiger partial charge in [-0.1, -0.05) is 107 Å². The molecule has 16 heteroatoms. The van der Waals surface area contributed by atoms with Gasteiger partial charge in [-0.15, -0.1) is 10.2 Å². The fourth-order valence-corrected chi connectivity index (χ4v) is 7.90. The Hall–Kier alpha value is -9.44. The molecule has 4 heterocycles. The van der Waals surface area contributed by atoms with Crippen LogP contribution < -0.4 is 9.47 Å². The molecule has 72 heavy (non-hydrogen) atoms. The van der Waals surface area contributed by atoms with Crippen molar-refractivity contribution in [2.24, 2.45) is 0 Å². The van der Waals surface area contributed by atoms with Crippen LogP contribution >= 0.6 is 0 Å². The largest absolute Gasteiger partial charge is 0.493 e. The summed E-state index contributed by atoms with van der Waals surface area (Å²) in [6.45, 7) is 4.69. The minimum Gasteiger partial charge on any atom is -0.493 e. The van der Waals surface area contributed by atoms with Crippen LogP contribution in [0.3, 0.4) is 0 Å². The second kappa shape index (κ2) is 22.3. The Morgan fingerprint density at radius 2 is 0.931 bits per heavy atom. The molecule has 0 aliphatic heterocycles. The maximum absolute atomic E-state index is 11.8. The van der Waals surface area contributed by atoms with Gasteiger partial charge in [0.25, 0.3) is 0 Å². The molecule has 0 unspecified atom stereocenters. The number of nitrogens with zero attached hydrogens (tertiary/aromatic N) is 8. The Balaban J connectivity index is 0.000000178. The number of aromatic carboxylic acids is 2. The van der Waals surface area contributed by atoms with Gasteiger partial charge in [0.1, 0.15) is 23.0 Å². The van der Waals surface area contributed by atoms with Crippen molar-refractivity contribution in [3.63, 3.8) is 0 Å². The smallest absolute Gasteiger partial charge is 0.358 e. The van der Waals surface area contributed by atoms with Gasteiger partial charge in [-0.2, -0.15) is 0 Å². The zero-order valence-corrected chi connectivity index (χ0v) is 39.3. The highest BCUT2D eigenvalue weighted by Gasteiger charge is 2.22. The van der Waals surface area contributed by atoms with E-state index in [0.717, 1.165) is 62.3 Å². The van der Waals surface area contributed by atoms with E-state index in [1.807, 2.05) is 184 Å². The van der Waals surface area contributed by atoms with Gasteiger partial charge >= 0.3 is 11.9 Å². The highest BCUT2D eigenvalue weighted by Crippen LogP contribution is 2.26. The Labute approximate surface area is 413 Å². The number of benzene rings is 6. The molecule has 0 radical (unpaired) electrons. The lowest BCUT2D eigenvalue weighted by Crippen LogP contribution is -2.08. The molecule has 0 spiro atoms. The summed E-state index contributed by atoms with van der Waals surface area (Å²) in [5.74, 6) is 1.95. The predicted octanol–water partition coefficient (Wildman–Crippen LogP) is 10.3. The van der Waals surface area contributed by atoms with Crippen LogP contribution in [0.25, 0.3) is 34.3 Å². The molecule has 2 N–H and O–H groups in total. The number of carbonyl (C=O) groups is 2. The summed E-state index contributed by atoms with van der Waals surface area (Å²) in [7, 11) is 0. The van der Waals surface area contributed by atoms with Crippen molar-refractivity contribution in [1.82, 2.24) is 40.0 Å². The van der Waals surface area contributed by atoms with E-state index in [-0.39, 0.29) is 11.4 Å². The van der Waals surface area contributed by atoms with Crippen molar-refractivity contribution in [1.29, 1.82) is 0 Å². The average molecular weight is 961 g/mol. The molecular weight excluding hydrogens is 913 g/mol. The molecule has 0 amide bonds. The van der Waals surface area contributed by atoms with Crippen molar-refractivity contribution in [3.05, 3.63) is 227 Å². The predicted molar refractivity (Wildman–Crippen MR) is 267 cm³/mol. The standard InChI is InChI=1S/2C28H24N4O4/c1-19-24(29-27(36-19)21-10-4-2-5-11-21)15-16-35-23-14-8-9-20(17-23)18-25-26(28(33)34)30-31-32(25)22-12-6-3-7-13-22;1-19-24(29-27(36-19)21-8-4-2-5-9-21)16-17-35-23-14-12-20(13-15-23)18-25-26(28(33)34)30-31-32(25)22-10-6-3-7-11-22/h2-14,17H,15-16,18H2,1H3,(H,33,34);2-15H,16-18H2,1H3,(H,33,34). The lowest BCUT2D eigenvalue weighted by molar-refractivity contribution is 0.0678. The molecule has 0 saturated heterocycles. The first kappa shape index (κ1) is 47.6. The monoisotopic (exact) mass is 960 g/mol. The third-order valence-electron chi connectivity index (χ3n) is 11.5. The molecule has 0 bridgehead atoms. The second-order valence-corrected chi connectivity index (χ2v) is 16.5. The summed E-state index contributed by atoms with van der Waals surface area (Å²) in [6.07, 6.45) is 1.92. The number of rotatable bonds is 18. The van der Waals surface area contributed by atoms with E-state index >= 15 is 0 Å². The van der Waals surface area contributed by atoms with E-state index in [9.17, 15) is 19.8 Å². The zero-order chi connectivity index (χ0) is 49.8. The maximum atomic E-state index is 11.8. The van der Waals surface area contributed by atoms with Crippen molar-refractivity contribution in [2.75, 3.05) is 13.2 Å². The number of hydrogen-bond donors (Lipinski definition) is 2. The maximum Gasteiger partial charge on any atom is 0.358 e. The Kier molecular flexibility index (Phi) is 14.8. The van der Waals surface area contributed by atoms with Gasteiger partial charge in [-0.25, -0.2) is 28.9 Å². The van der Waals surface area contributed by atoms with Gasteiger partial charge in [0.15, 0.2) is 11.4 Å². The topological polar surface area (TPSA) is 207 Å². The molecule has 0 fully saturated rings. The summed E-state index contributed by atoms with van der Waals surface area (Å²) in [4.78, 5) is 32.7. The third-order valence-corrected chi connectivity index (χ3v) is 11.5. The summed E-state index contributed by atoms with van der Waals surface area (Å²) in [5.41, 5.74) is 7.80. The molecule has 0 saturated carbocycles. The van der Waals surface area contributed by atoms with Crippen LogP contribution in [0.5, 0.6) is 11.5 Å². The Morgan fingerprint density at radius 1 is 0.500 bits per heavy atom. The lowest BCUT2D eigenvalue weighted by atomic mass is 10.1. The Bertz CT molecular complexity index is 3390. The molecule has 0 aliphatic rings. The lowest BCUT2D eigenvalue weighted by Gasteiger charge is -2.10. The van der Waals surface area contributed by atoms with E-state index in [1.54, 1.807) is 9.36 Å². The molecule has 0 aliphatic carbocycles. The van der Waals surface area contributed by atoms with E-state index in [2.05, 4.69) is 30.6 Å². The van der Waals surface area contributed by atoms with Crippen LogP contribution in [0, 0.1) is 13.8 Å². The Morgan fingerprint density at radius 3 is 1.39 bits per heavy atom. The van der Waals surface area contributed by atoms with Crippen LogP contribution in [0.15, 0.2) is 179 Å². The third kappa shape index (κ3) is 11.5. The number of oxazole rings is 2. The summed E-state index contributed by atoms with van der Waals surface area (Å²) in [6, 6.07) is 53.5. The fourth-order valence-electron chi connectivity index (χ4n) is 7.90. The van der Waals surface area contributed by atoms with Crippen molar-refractivity contribution < 1.29 is 38.1 Å². The van der Waals surface area contributed by atoms with Crippen molar-refractivity contribution in [2.45, 2.75) is 39.5 Å². The van der Waals surface area contributed by atoms with E-state index in [1.165, 1.54) is 0 Å². The molecule has 0 atom stereocenters. The van der Waals surface area contributed by atoms with Gasteiger partial charge < -0.3 is 28.5 Å². The van der Waals surface area contributed by atoms with Crippen molar-refractivity contribution in [3.8, 4) is 45.8 Å². The average Bonchev–Trinajstić information content (AvgIpc) is 4.21. The van der Waals surface area contributed by atoms with Gasteiger partial charge in [0, 0.05) is 36.8 Å². The zero-order valence-electron chi connectivity index (χ0n) is 39.3. The van der Waals surface area contributed by atoms with Gasteiger partial charge in [0.05, 0.1) is 47.4 Å². The first-order valence-electron chi connectivity index (χ1n) is 23.1. The molecule has 10 rings (SSSR count). The molecule has 6 aromatic carbocycles. The fraction of sp³-hybridized carbons (Fsp3) is 0.143. The van der Waals surface area contributed by atoms with Gasteiger partial charge in [0.2, 0.25) is 11.8 Å². The summed E-state index contributed by atoms with van der Waals surface area (Å²) in [5, 5.41) is 35.1. The number of para-hydroxylation sites is 2. The first-order chi connectivity index (χ1) is 35.2. The molecule has 16 nitrogen and oxygen atoms in total. The molecule has 10 aromatic rings. The molecule has 360 valence electrons.